The second kappa shape index (κ2) is 7.95. The zero-order valence-electron chi connectivity index (χ0n) is 14.8. The molecule has 3 rings (SSSR count). The van der Waals surface area contributed by atoms with Crippen LogP contribution in [0.15, 0.2) is 54.7 Å². The first-order valence-corrected chi connectivity index (χ1v) is 8.69. The molecular weight excluding hydrogens is 330 g/mol. The van der Waals surface area contributed by atoms with E-state index in [0.717, 1.165) is 25.9 Å². The van der Waals surface area contributed by atoms with E-state index >= 15 is 0 Å². The minimum absolute atomic E-state index is 0.0787. The molecular formula is C21H23NO4. The summed E-state index contributed by atoms with van der Waals surface area (Å²) in [5, 5.41) is 19.3. The lowest BCUT2D eigenvalue weighted by molar-refractivity contribution is 0.104. The Morgan fingerprint density at radius 3 is 2.42 bits per heavy atom. The number of benzene rings is 2. The van der Waals surface area contributed by atoms with Crippen molar-refractivity contribution in [2.24, 2.45) is 0 Å². The Labute approximate surface area is 153 Å². The lowest BCUT2D eigenvalue weighted by Gasteiger charge is -2.31. The van der Waals surface area contributed by atoms with Crippen molar-refractivity contribution >= 4 is 5.78 Å². The number of phenols is 2. The second-order valence-corrected chi connectivity index (χ2v) is 6.46. The Morgan fingerprint density at radius 1 is 1.12 bits per heavy atom. The summed E-state index contributed by atoms with van der Waals surface area (Å²) in [5.41, 5.74) is 1.51. The van der Waals surface area contributed by atoms with Crippen molar-refractivity contribution in [3.05, 3.63) is 65.9 Å². The van der Waals surface area contributed by atoms with E-state index in [-0.39, 0.29) is 22.8 Å². The molecule has 0 aromatic heterocycles. The summed E-state index contributed by atoms with van der Waals surface area (Å²) >= 11 is 0. The van der Waals surface area contributed by atoms with E-state index in [9.17, 15) is 15.0 Å². The van der Waals surface area contributed by atoms with E-state index in [1.165, 1.54) is 24.8 Å². The van der Waals surface area contributed by atoms with Gasteiger partial charge in [0.15, 0.2) is 5.78 Å². The van der Waals surface area contributed by atoms with Gasteiger partial charge < -0.3 is 19.8 Å². The minimum atomic E-state index is -0.231. The largest absolute Gasteiger partial charge is 0.508 e. The number of nitrogens with zero attached hydrogens (tertiary/aromatic N) is 1. The molecule has 1 fully saturated rings. The fourth-order valence-electron chi connectivity index (χ4n) is 3.24. The molecule has 0 atom stereocenters. The first-order chi connectivity index (χ1) is 12.6. The lowest BCUT2D eigenvalue weighted by Crippen LogP contribution is -2.28. The van der Waals surface area contributed by atoms with Gasteiger partial charge in [-0.15, -0.1) is 0 Å². The third-order valence-corrected chi connectivity index (χ3v) is 4.80. The molecule has 0 saturated carbocycles. The van der Waals surface area contributed by atoms with E-state index in [1.54, 1.807) is 30.5 Å². The highest BCUT2D eigenvalue weighted by Gasteiger charge is 2.19. The molecule has 0 bridgehead atoms. The number of phenolic OH excluding ortho intramolecular Hbond substituents is 2. The topological polar surface area (TPSA) is 70.0 Å². The number of ether oxygens (including phenoxy) is 1. The molecule has 0 spiro atoms. The number of carbonyl (C=O) groups excluding carboxylic acids is 1. The predicted molar refractivity (Wildman–Crippen MR) is 99.8 cm³/mol. The highest BCUT2D eigenvalue weighted by molar-refractivity contribution is 6.06. The van der Waals surface area contributed by atoms with Crippen LogP contribution in [-0.2, 0) is 0 Å². The molecule has 2 aromatic carbocycles. The van der Waals surface area contributed by atoms with Gasteiger partial charge in [-0.25, -0.2) is 0 Å². The minimum Gasteiger partial charge on any atom is -0.508 e. The highest BCUT2D eigenvalue weighted by atomic mass is 16.5. The molecule has 1 saturated heterocycles. The Kier molecular flexibility index (Phi) is 5.46. The molecule has 0 amide bonds. The normalized spacial score (nSPS) is 15.3. The molecule has 1 aliphatic rings. The Balaban J connectivity index is 1.57. The molecule has 2 N–H and O–H groups in total. The monoisotopic (exact) mass is 353 g/mol. The van der Waals surface area contributed by atoms with Gasteiger partial charge in [0.2, 0.25) is 0 Å². The average Bonchev–Trinajstić information content (AvgIpc) is 2.67. The van der Waals surface area contributed by atoms with E-state index in [4.69, 9.17) is 4.74 Å². The third kappa shape index (κ3) is 4.17. The zero-order valence-corrected chi connectivity index (χ0v) is 14.8. The van der Waals surface area contributed by atoms with Crippen molar-refractivity contribution in [1.29, 1.82) is 0 Å². The van der Waals surface area contributed by atoms with Gasteiger partial charge in [0.1, 0.15) is 17.2 Å². The van der Waals surface area contributed by atoms with Crippen LogP contribution in [0.1, 0.15) is 34.7 Å². The zero-order chi connectivity index (χ0) is 18.5. The maximum absolute atomic E-state index is 12.3. The van der Waals surface area contributed by atoms with Gasteiger partial charge >= 0.3 is 0 Å². The van der Waals surface area contributed by atoms with E-state index in [2.05, 4.69) is 4.90 Å². The molecule has 1 aliphatic heterocycles. The van der Waals surface area contributed by atoms with Crippen molar-refractivity contribution < 1.29 is 19.7 Å². The van der Waals surface area contributed by atoms with Crippen LogP contribution in [0.25, 0.3) is 0 Å². The van der Waals surface area contributed by atoms with Crippen molar-refractivity contribution in [3.63, 3.8) is 0 Å². The highest BCUT2D eigenvalue weighted by Crippen LogP contribution is 2.29. The van der Waals surface area contributed by atoms with Crippen LogP contribution in [0.5, 0.6) is 17.2 Å². The van der Waals surface area contributed by atoms with Gasteiger partial charge in [-0.1, -0.05) is 12.1 Å². The number of carbonyl (C=O) groups is 1. The second-order valence-electron chi connectivity index (χ2n) is 6.46. The van der Waals surface area contributed by atoms with Crippen LogP contribution in [0.4, 0.5) is 0 Å². The molecule has 5 nitrogen and oxygen atoms in total. The van der Waals surface area contributed by atoms with Gasteiger partial charge in [-0.3, -0.25) is 4.79 Å². The average molecular weight is 353 g/mol. The van der Waals surface area contributed by atoms with Crippen molar-refractivity contribution in [1.82, 2.24) is 4.90 Å². The van der Waals surface area contributed by atoms with Gasteiger partial charge in [-0.05, 0) is 48.6 Å². The number of rotatable bonds is 5. The number of likely N-dealkylation sites (tertiary alicyclic amines) is 1. The van der Waals surface area contributed by atoms with Gasteiger partial charge in [0.25, 0.3) is 0 Å². The van der Waals surface area contributed by atoms with E-state index in [1.807, 2.05) is 12.1 Å². The number of piperidine rings is 1. The van der Waals surface area contributed by atoms with Crippen LogP contribution < -0.4 is 4.74 Å². The third-order valence-electron chi connectivity index (χ3n) is 4.80. The van der Waals surface area contributed by atoms with Crippen LogP contribution in [0.2, 0.25) is 0 Å². The number of allylic oxidation sites excluding steroid dienone is 1. The molecule has 0 aliphatic carbocycles. The van der Waals surface area contributed by atoms with Crippen molar-refractivity contribution in [2.75, 3.05) is 20.2 Å². The summed E-state index contributed by atoms with van der Waals surface area (Å²) in [6.45, 7) is 1.73. The number of aromatic hydroxyl groups is 2. The van der Waals surface area contributed by atoms with Crippen LogP contribution in [0.3, 0.4) is 0 Å². The molecule has 0 radical (unpaired) electrons. The van der Waals surface area contributed by atoms with Crippen LogP contribution in [-0.4, -0.2) is 41.1 Å². The first kappa shape index (κ1) is 17.9. The first-order valence-electron chi connectivity index (χ1n) is 8.69. The number of hydrogen-bond donors (Lipinski definition) is 2. The quantitative estimate of drug-likeness (QED) is 0.634. The van der Waals surface area contributed by atoms with Crippen molar-refractivity contribution in [2.45, 2.75) is 18.8 Å². The number of hydrogen-bond acceptors (Lipinski definition) is 5. The lowest BCUT2D eigenvalue weighted by atomic mass is 9.89. The Hall–Kier alpha value is -2.95. The fourth-order valence-corrected chi connectivity index (χ4v) is 3.24. The van der Waals surface area contributed by atoms with Gasteiger partial charge in [0, 0.05) is 31.4 Å². The summed E-state index contributed by atoms with van der Waals surface area (Å²) in [4.78, 5) is 14.4. The Bertz CT molecular complexity index is 790. The molecule has 0 unspecified atom stereocenters. The van der Waals surface area contributed by atoms with Crippen molar-refractivity contribution in [3.8, 4) is 17.2 Å². The van der Waals surface area contributed by atoms with Gasteiger partial charge in [-0.2, -0.15) is 0 Å². The Morgan fingerprint density at radius 2 is 1.81 bits per heavy atom. The predicted octanol–water partition coefficient (Wildman–Crippen LogP) is 3.68. The number of methoxy groups -OCH3 is 1. The van der Waals surface area contributed by atoms with Gasteiger partial charge in [0.05, 0.1) is 12.7 Å². The smallest absolute Gasteiger partial charge is 0.190 e. The SMILES string of the molecule is COc1ccc(C(=O)/C=C/N2CCC(c3ccc(O)cc3)CC2)c(O)c1. The summed E-state index contributed by atoms with van der Waals surface area (Å²) in [6.07, 6.45) is 5.30. The molecule has 2 aromatic rings. The van der Waals surface area contributed by atoms with E-state index < -0.39 is 0 Å². The summed E-state index contributed by atoms with van der Waals surface area (Å²) < 4.78 is 5.03. The molecule has 136 valence electrons. The maximum atomic E-state index is 12.3. The fraction of sp³-hybridized carbons (Fsp3) is 0.286. The molecule has 1 heterocycles. The summed E-state index contributed by atoms with van der Waals surface area (Å²) in [6, 6.07) is 12.1. The molecule has 26 heavy (non-hydrogen) atoms. The standard InChI is InChI=1S/C21H23NO4/c1-26-18-6-7-19(21(25)14-18)20(24)10-13-22-11-8-16(9-12-22)15-2-4-17(23)5-3-15/h2-7,10,13-14,16,23,25H,8-9,11-12H2,1H3/b13-10+. The maximum Gasteiger partial charge on any atom is 0.190 e. The van der Waals surface area contributed by atoms with E-state index in [0.29, 0.717) is 11.7 Å². The summed E-state index contributed by atoms with van der Waals surface area (Å²) in [7, 11) is 1.51. The van der Waals surface area contributed by atoms with Crippen LogP contribution >= 0.6 is 0 Å². The number of ketones is 1. The van der Waals surface area contributed by atoms with Crippen LogP contribution in [0, 0.1) is 0 Å². The summed E-state index contributed by atoms with van der Waals surface area (Å²) in [5.74, 6) is 0.964. The molecule has 5 heteroatoms.